The Labute approximate surface area is 230 Å². The van der Waals surface area contributed by atoms with Gasteiger partial charge in [0.2, 0.25) is 5.91 Å². The number of alkyl halides is 3. The second-order valence-electron chi connectivity index (χ2n) is 9.50. The van der Waals surface area contributed by atoms with E-state index in [0.29, 0.717) is 40.5 Å². The molecule has 40 heavy (non-hydrogen) atoms. The largest absolute Gasteiger partial charge is 0.489 e. The lowest BCUT2D eigenvalue weighted by atomic mass is 10.1. The summed E-state index contributed by atoms with van der Waals surface area (Å²) in [4.78, 5) is 24.3. The van der Waals surface area contributed by atoms with Gasteiger partial charge in [0.15, 0.2) is 0 Å². The van der Waals surface area contributed by atoms with Gasteiger partial charge in [-0.1, -0.05) is 24.3 Å². The van der Waals surface area contributed by atoms with E-state index >= 15 is 0 Å². The Bertz CT molecular complexity index is 1540. The number of carbonyl (C=O) groups is 2. The molecule has 0 unspecified atom stereocenters. The molecule has 208 valence electrons. The number of aromatic nitrogens is 2. The molecule has 4 rings (SSSR count). The molecule has 4 aromatic rings. The number of anilines is 2. The Morgan fingerprint density at radius 2 is 1.65 bits per heavy atom. The molecule has 2 N–H and O–H groups in total. The highest BCUT2D eigenvalue weighted by molar-refractivity contribution is 6.04. The first kappa shape index (κ1) is 28.4. The summed E-state index contributed by atoms with van der Waals surface area (Å²) in [6.45, 7) is 7.31. The normalized spacial score (nSPS) is 11.3. The molecule has 1 aromatic heterocycles. The maximum Gasteiger partial charge on any atom is 0.416 e. The molecule has 0 bridgehead atoms. The third-order valence-electron chi connectivity index (χ3n) is 6.31. The predicted molar refractivity (Wildman–Crippen MR) is 146 cm³/mol. The third kappa shape index (κ3) is 6.88. The summed E-state index contributed by atoms with van der Waals surface area (Å²) in [5.74, 6) is -0.0906. The second-order valence-corrected chi connectivity index (χ2v) is 9.50. The zero-order valence-electron chi connectivity index (χ0n) is 22.5. The SMILES string of the molecule is CC(=O)Nc1cccc(Cn2nc(C)c(NC(=O)c3ccc(COc4ccc(C(F)(F)F)cc4C)cc3)c2C)c1. The van der Waals surface area contributed by atoms with E-state index in [1.54, 1.807) is 35.9 Å². The van der Waals surface area contributed by atoms with Gasteiger partial charge in [-0.2, -0.15) is 18.3 Å². The van der Waals surface area contributed by atoms with Crippen molar-refractivity contribution in [1.29, 1.82) is 0 Å². The van der Waals surface area contributed by atoms with E-state index in [1.807, 2.05) is 38.1 Å². The topological polar surface area (TPSA) is 85.3 Å². The van der Waals surface area contributed by atoms with Crippen LogP contribution in [0.2, 0.25) is 0 Å². The number of aryl methyl sites for hydroxylation is 2. The van der Waals surface area contributed by atoms with Crippen LogP contribution in [0.5, 0.6) is 5.75 Å². The van der Waals surface area contributed by atoms with E-state index in [1.165, 1.54) is 13.0 Å². The van der Waals surface area contributed by atoms with E-state index in [2.05, 4.69) is 15.7 Å². The van der Waals surface area contributed by atoms with Crippen LogP contribution in [0.1, 0.15) is 50.9 Å². The third-order valence-corrected chi connectivity index (χ3v) is 6.31. The minimum Gasteiger partial charge on any atom is -0.489 e. The van der Waals surface area contributed by atoms with Crippen molar-refractivity contribution in [2.24, 2.45) is 0 Å². The van der Waals surface area contributed by atoms with Gasteiger partial charge in [-0.05, 0) is 79.9 Å². The number of nitrogens with zero attached hydrogens (tertiary/aromatic N) is 2. The Balaban J connectivity index is 1.39. The summed E-state index contributed by atoms with van der Waals surface area (Å²) in [6, 6.07) is 17.6. The first-order chi connectivity index (χ1) is 18.9. The number of benzene rings is 3. The number of hydrogen-bond acceptors (Lipinski definition) is 4. The lowest BCUT2D eigenvalue weighted by Gasteiger charge is -2.13. The number of amides is 2. The summed E-state index contributed by atoms with van der Waals surface area (Å²) < 4.78 is 46.1. The standard InChI is InChI=1S/C30H29F3N4O3/c1-18-14-25(30(31,32)33)12-13-27(18)40-17-22-8-10-24(11-9-22)29(39)35-28-19(2)36-37(20(28)3)16-23-6-5-7-26(15-23)34-21(4)38/h5-15H,16-17H2,1-4H3,(H,34,38)(H,35,39). The average Bonchev–Trinajstić information content (AvgIpc) is 3.14. The number of carbonyl (C=O) groups excluding carboxylic acids is 2. The number of nitrogens with one attached hydrogen (secondary N) is 2. The fraction of sp³-hybridized carbons (Fsp3) is 0.233. The van der Waals surface area contributed by atoms with Gasteiger partial charge in [-0.25, -0.2) is 0 Å². The highest BCUT2D eigenvalue weighted by Crippen LogP contribution is 2.32. The molecule has 0 aliphatic carbocycles. The molecule has 0 spiro atoms. The highest BCUT2D eigenvalue weighted by atomic mass is 19.4. The van der Waals surface area contributed by atoms with Gasteiger partial charge >= 0.3 is 6.18 Å². The Morgan fingerprint density at radius 3 is 2.30 bits per heavy atom. The predicted octanol–water partition coefficient (Wildman–Crippen LogP) is 6.67. The van der Waals surface area contributed by atoms with Crippen molar-refractivity contribution in [3.05, 3.63) is 106 Å². The Kier molecular flexibility index (Phi) is 8.27. The van der Waals surface area contributed by atoms with E-state index < -0.39 is 11.7 Å². The van der Waals surface area contributed by atoms with Crippen LogP contribution in [-0.2, 0) is 24.1 Å². The van der Waals surface area contributed by atoms with Crippen LogP contribution in [-0.4, -0.2) is 21.6 Å². The zero-order valence-corrected chi connectivity index (χ0v) is 22.5. The fourth-order valence-corrected chi connectivity index (χ4v) is 4.24. The quantitative estimate of drug-likeness (QED) is 0.257. The molecule has 0 aliphatic heterocycles. The highest BCUT2D eigenvalue weighted by Gasteiger charge is 2.30. The molecule has 0 aliphatic rings. The van der Waals surface area contributed by atoms with Crippen LogP contribution in [0, 0.1) is 20.8 Å². The smallest absolute Gasteiger partial charge is 0.416 e. The second kappa shape index (κ2) is 11.6. The van der Waals surface area contributed by atoms with Crippen LogP contribution in [0.4, 0.5) is 24.5 Å². The van der Waals surface area contributed by atoms with Crippen molar-refractivity contribution in [3.8, 4) is 5.75 Å². The van der Waals surface area contributed by atoms with Gasteiger partial charge in [0.1, 0.15) is 12.4 Å². The molecular formula is C30H29F3N4O3. The summed E-state index contributed by atoms with van der Waals surface area (Å²) in [7, 11) is 0. The van der Waals surface area contributed by atoms with Crippen molar-refractivity contribution in [3.63, 3.8) is 0 Å². The molecule has 0 radical (unpaired) electrons. The van der Waals surface area contributed by atoms with Crippen molar-refractivity contribution in [2.75, 3.05) is 10.6 Å². The molecule has 3 aromatic carbocycles. The molecule has 7 nitrogen and oxygen atoms in total. The van der Waals surface area contributed by atoms with Gasteiger partial charge in [0, 0.05) is 18.2 Å². The van der Waals surface area contributed by atoms with E-state index in [4.69, 9.17) is 4.74 Å². The van der Waals surface area contributed by atoms with Crippen LogP contribution >= 0.6 is 0 Å². The summed E-state index contributed by atoms with van der Waals surface area (Å²) in [5.41, 5.74) is 4.57. The number of ether oxygens (including phenoxy) is 1. The zero-order chi connectivity index (χ0) is 29.0. The minimum absolute atomic E-state index is 0.141. The van der Waals surface area contributed by atoms with E-state index in [9.17, 15) is 22.8 Å². The number of rotatable bonds is 8. The minimum atomic E-state index is -4.41. The molecule has 1 heterocycles. The molecular weight excluding hydrogens is 521 g/mol. The molecule has 0 saturated carbocycles. The van der Waals surface area contributed by atoms with Gasteiger partial charge in [0.25, 0.3) is 5.91 Å². The van der Waals surface area contributed by atoms with Gasteiger partial charge < -0.3 is 15.4 Å². The first-order valence-electron chi connectivity index (χ1n) is 12.5. The van der Waals surface area contributed by atoms with Gasteiger partial charge in [-0.3, -0.25) is 14.3 Å². The summed E-state index contributed by atoms with van der Waals surface area (Å²) in [5, 5.41) is 10.3. The van der Waals surface area contributed by atoms with Crippen molar-refractivity contribution in [1.82, 2.24) is 9.78 Å². The lowest BCUT2D eigenvalue weighted by molar-refractivity contribution is -0.137. The van der Waals surface area contributed by atoms with Gasteiger partial charge in [-0.15, -0.1) is 0 Å². The van der Waals surface area contributed by atoms with Crippen LogP contribution in [0.3, 0.4) is 0 Å². The summed E-state index contributed by atoms with van der Waals surface area (Å²) >= 11 is 0. The average molecular weight is 551 g/mol. The van der Waals surface area contributed by atoms with Crippen LogP contribution < -0.4 is 15.4 Å². The van der Waals surface area contributed by atoms with Gasteiger partial charge in [0.05, 0.1) is 29.2 Å². The van der Waals surface area contributed by atoms with Crippen molar-refractivity contribution < 1.29 is 27.5 Å². The lowest BCUT2D eigenvalue weighted by Crippen LogP contribution is -2.13. The molecule has 0 fully saturated rings. The molecule has 2 amide bonds. The number of halogens is 3. The summed E-state index contributed by atoms with van der Waals surface area (Å²) in [6.07, 6.45) is -4.41. The van der Waals surface area contributed by atoms with Crippen LogP contribution in [0.25, 0.3) is 0 Å². The van der Waals surface area contributed by atoms with E-state index in [-0.39, 0.29) is 18.4 Å². The number of hydrogen-bond donors (Lipinski definition) is 2. The fourth-order valence-electron chi connectivity index (χ4n) is 4.24. The first-order valence-corrected chi connectivity index (χ1v) is 12.5. The Hall–Kier alpha value is -4.60. The monoisotopic (exact) mass is 550 g/mol. The van der Waals surface area contributed by atoms with Crippen LogP contribution in [0.15, 0.2) is 66.7 Å². The Morgan fingerprint density at radius 1 is 0.925 bits per heavy atom. The maximum absolute atomic E-state index is 13.0. The van der Waals surface area contributed by atoms with Crippen molar-refractivity contribution >= 4 is 23.2 Å². The molecule has 10 heteroatoms. The van der Waals surface area contributed by atoms with E-state index in [0.717, 1.165) is 29.0 Å². The molecule has 0 atom stereocenters. The molecule has 0 saturated heterocycles. The maximum atomic E-state index is 13.0. The van der Waals surface area contributed by atoms with Crippen molar-refractivity contribution in [2.45, 2.75) is 47.0 Å².